The number of halogens is 2. The number of nitrogens with one attached hydrogen (secondary N) is 2. The first-order valence-corrected chi connectivity index (χ1v) is 7.52. The second-order valence-corrected chi connectivity index (χ2v) is 6.41. The molecule has 0 amide bonds. The minimum atomic E-state index is -3.48. The largest absolute Gasteiger partial charge is 0.313 e. The Hall–Kier alpha value is -0.850. The minimum Gasteiger partial charge on any atom is -0.313 e. The van der Waals surface area contributed by atoms with E-state index in [4.69, 9.17) is 11.6 Å². The predicted octanol–water partition coefficient (Wildman–Crippen LogP) is 2.22. The molecule has 7 heteroatoms. The van der Waals surface area contributed by atoms with Gasteiger partial charge in [-0.25, -0.2) is 12.8 Å². The maximum absolute atomic E-state index is 13.1. The fourth-order valence-electron chi connectivity index (χ4n) is 1.27. The lowest BCUT2D eigenvalue weighted by atomic mass is 10.3. The Kier molecular flexibility index (Phi) is 5.37. The highest BCUT2D eigenvalue weighted by molar-refractivity contribution is 7.92. The first kappa shape index (κ1) is 15.2. The van der Waals surface area contributed by atoms with Crippen LogP contribution in [0.3, 0.4) is 0 Å². The van der Waals surface area contributed by atoms with Crippen LogP contribution < -0.4 is 10.0 Å². The Balaban J connectivity index is 2.62. The lowest BCUT2D eigenvalue weighted by Gasteiger charge is -2.10. The molecular weight excluding hydrogens is 279 g/mol. The maximum Gasteiger partial charge on any atom is 0.233 e. The molecule has 0 heterocycles. The highest BCUT2D eigenvalue weighted by atomic mass is 35.5. The number of sulfonamides is 1. The zero-order valence-electron chi connectivity index (χ0n) is 10.2. The van der Waals surface area contributed by atoms with E-state index in [9.17, 15) is 12.8 Å². The molecule has 0 saturated heterocycles. The highest BCUT2D eigenvalue weighted by Crippen LogP contribution is 2.19. The molecule has 1 aromatic carbocycles. The molecule has 0 bridgehead atoms. The van der Waals surface area contributed by atoms with Gasteiger partial charge < -0.3 is 5.32 Å². The Labute approximate surface area is 112 Å². The zero-order chi connectivity index (χ0) is 13.8. The Morgan fingerprint density at radius 2 is 2.06 bits per heavy atom. The highest BCUT2D eigenvalue weighted by Gasteiger charge is 2.11. The summed E-state index contributed by atoms with van der Waals surface area (Å²) in [5, 5.41) is 2.95. The third kappa shape index (κ3) is 5.20. The van der Waals surface area contributed by atoms with Gasteiger partial charge >= 0.3 is 0 Å². The summed E-state index contributed by atoms with van der Waals surface area (Å²) in [6.45, 7) is 4.19. The summed E-state index contributed by atoms with van der Waals surface area (Å²) in [7, 11) is -3.48. The SMILES string of the molecule is CC(C)NCCS(=O)(=O)Nc1ccc(Cl)c(F)c1. The van der Waals surface area contributed by atoms with Gasteiger partial charge in [0.1, 0.15) is 5.82 Å². The van der Waals surface area contributed by atoms with Gasteiger partial charge in [-0.05, 0) is 18.2 Å². The summed E-state index contributed by atoms with van der Waals surface area (Å²) in [6, 6.07) is 3.99. The second kappa shape index (κ2) is 6.36. The number of benzene rings is 1. The van der Waals surface area contributed by atoms with Gasteiger partial charge in [0.05, 0.1) is 16.5 Å². The van der Waals surface area contributed by atoms with Crippen molar-refractivity contribution in [3.05, 3.63) is 29.0 Å². The van der Waals surface area contributed by atoms with E-state index in [0.29, 0.717) is 6.54 Å². The van der Waals surface area contributed by atoms with Crippen molar-refractivity contribution in [2.75, 3.05) is 17.0 Å². The molecule has 0 aromatic heterocycles. The first-order valence-electron chi connectivity index (χ1n) is 5.49. The van der Waals surface area contributed by atoms with E-state index in [0.717, 1.165) is 6.07 Å². The fraction of sp³-hybridized carbons (Fsp3) is 0.455. The third-order valence-electron chi connectivity index (χ3n) is 2.12. The van der Waals surface area contributed by atoms with E-state index in [-0.39, 0.29) is 22.5 Å². The van der Waals surface area contributed by atoms with E-state index in [2.05, 4.69) is 10.0 Å². The van der Waals surface area contributed by atoms with Crippen LogP contribution in [0.5, 0.6) is 0 Å². The van der Waals surface area contributed by atoms with Crippen LogP contribution in [0.25, 0.3) is 0 Å². The minimum absolute atomic E-state index is 0.0422. The van der Waals surface area contributed by atoms with E-state index in [1.165, 1.54) is 12.1 Å². The second-order valence-electron chi connectivity index (χ2n) is 4.16. The summed E-state index contributed by atoms with van der Waals surface area (Å²) in [5.41, 5.74) is 0.168. The average molecular weight is 295 g/mol. The van der Waals surface area contributed by atoms with Gasteiger partial charge in [0, 0.05) is 12.6 Å². The van der Waals surface area contributed by atoms with Gasteiger partial charge in [-0.15, -0.1) is 0 Å². The number of hydrogen-bond donors (Lipinski definition) is 2. The molecule has 1 rings (SSSR count). The molecule has 4 nitrogen and oxygen atoms in total. The van der Waals surface area contributed by atoms with Gasteiger partial charge in [0.25, 0.3) is 0 Å². The van der Waals surface area contributed by atoms with Crippen molar-refractivity contribution in [3.63, 3.8) is 0 Å². The van der Waals surface area contributed by atoms with E-state index in [1.807, 2.05) is 13.8 Å². The summed E-state index contributed by atoms with van der Waals surface area (Å²) in [4.78, 5) is 0. The van der Waals surface area contributed by atoms with E-state index < -0.39 is 15.8 Å². The van der Waals surface area contributed by atoms with Crippen LogP contribution in [0.1, 0.15) is 13.8 Å². The van der Waals surface area contributed by atoms with Crippen LogP contribution in [-0.4, -0.2) is 26.8 Å². The molecular formula is C11H16ClFN2O2S. The smallest absolute Gasteiger partial charge is 0.233 e. The molecule has 2 N–H and O–H groups in total. The molecule has 18 heavy (non-hydrogen) atoms. The van der Waals surface area contributed by atoms with Crippen LogP contribution in [0.15, 0.2) is 18.2 Å². The fourth-order valence-corrected chi connectivity index (χ4v) is 2.36. The summed E-state index contributed by atoms with van der Waals surface area (Å²) >= 11 is 5.51. The van der Waals surface area contributed by atoms with Gasteiger partial charge in [-0.3, -0.25) is 4.72 Å². The lowest BCUT2D eigenvalue weighted by Crippen LogP contribution is -2.30. The normalized spacial score (nSPS) is 11.8. The first-order chi connectivity index (χ1) is 8.30. The molecule has 1 aromatic rings. The Morgan fingerprint density at radius 1 is 1.39 bits per heavy atom. The van der Waals surface area contributed by atoms with Crippen molar-refractivity contribution in [2.24, 2.45) is 0 Å². The van der Waals surface area contributed by atoms with Crippen LogP contribution in [0.4, 0.5) is 10.1 Å². The molecule has 0 radical (unpaired) electrons. The number of rotatable bonds is 6. The summed E-state index contributed by atoms with van der Waals surface area (Å²) < 4.78 is 38.8. The molecule has 0 aliphatic heterocycles. The van der Waals surface area contributed by atoms with Gasteiger partial charge in [0.2, 0.25) is 10.0 Å². The quantitative estimate of drug-likeness (QED) is 0.846. The number of anilines is 1. The average Bonchev–Trinajstić information content (AvgIpc) is 2.22. The van der Waals surface area contributed by atoms with E-state index >= 15 is 0 Å². The lowest BCUT2D eigenvalue weighted by molar-refractivity contribution is 0.582. The van der Waals surface area contributed by atoms with Crippen molar-refractivity contribution >= 4 is 27.3 Å². The zero-order valence-corrected chi connectivity index (χ0v) is 11.8. The van der Waals surface area contributed by atoms with Crippen molar-refractivity contribution in [1.82, 2.24) is 5.32 Å². The van der Waals surface area contributed by atoms with Gasteiger partial charge in [0.15, 0.2) is 0 Å². The standard InChI is InChI=1S/C11H16ClFN2O2S/c1-8(2)14-5-6-18(16,17)15-9-3-4-10(12)11(13)7-9/h3-4,7-8,14-15H,5-6H2,1-2H3. The van der Waals surface area contributed by atoms with Crippen molar-refractivity contribution in [1.29, 1.82) is 0 Å². The van der Waals surface area contributed by atoms with Crippen LogP contribution in [0.2, 0.25) is 5.02 Å². The van der Waals surface area contributed by atoms with Crippen molar-refractivity contribution in [2.45, 2.75) is 19.9 Å². The Bertz CT molecular complexity index is 506. The Morgan fingerprint density at radius 3 is 2.61 bits per heavy atom. The molecule has 0 saturated carbocycles. The maximum atomic E-state index is 13.1. The van der Waals surface area contributed by atoms with Gasteiger partial charge in [-0.1, -0.05) is 25.4 Å². The van der Waals surface area contributed by atoms with Crippen LogP contribution >= 0.6 is 11.6 Å². The predicted molar refractivity (Wildman–Crippen MR) is 72.0 cm³/mol. The van der Waals surface area contributed by atoms with Crippen LogP contribution in [0, 0.1) is 5.82 Å². The van der Waals surface area contributed by atoms with Gasteiger partial charge in [-0.2, -0.15) is 0 Å². The van der Waals surface area contributed by atoms with Crippen molar-refractivity contribution in [3.8, 4) is 0 Å². The number of hydrogen-bond acceptors (Lipinski definition) is 3. The monoisotopic (exact) mass is 294 g/mol. The summed E-state index contributed by atoms with van der Waals surface area (Å²) in [5.74, 6) is -0.729. The molecule has 0 aliphatic rings. The third-order valence-corrected chi connectivity index (χ3v) is 3.71. The topological polar surface area (TPSA) is 58.2 Å². The molecule has 0 aliphatic carbocycles. The molecule has 0 atom stereocenters. The van der Waals surface area contributed by atoms with E-state index in [1.54, 1.807) is 0 Å². The molecule has 0 fully saturated rings. The summed E-state index contributed by atoms with van der Waals surface area (Å²) in [6.07, 6.45) is 0. The molecule has 0 spiro atoms. The molecule has 0 unspecified atom stereocenters. The van der Waals surface area contributed by atoms with Crippen molar-refractivity contribution < 1.29 is 12.8 Å². The van der Waals surface area contributed by atoms with Crippen LogP contribution in [-0.2, 0) is 10.0 Å². The molecule has 102 valence electrons.